The van der Waals surface area contributed by atoms with E-state index < -0.39 is 0 Å². The Morgan fingerprint density at radius 1 is 1.06 bits per heavy atom. The number of hydrogen-bond donors (Lipinski definition) is 1. The standard InChI is InChI=1S/C23H20ClN7/c1-15-11-18(13-19(24)27-15)21-22(17-4-2-3-16(12-17)14-25)29-31-8-5-20(28-23(21)31)30-9-6-26-7-10-30/h2-5,8,11-13,26H,6-7,9-10H2,1H3. The van der Waals surface area contributed by atoms with Crippen LogP contribution >= 0.6 is 11.6 Å². The lowest BCUT2D eigenvalue weighted by Crippen LogP contribution is -2.43. The molecule has 7 nitrogen and oxygen atoms in total. The first-order chi connectivity index (χ1) is 15.1. The second kappa shape index (κ2) is 7.99. The van der Waals surface area contributed by atoms with E-state index in [-0.39, 0.29) is 0 Å². The van der Waals surface area contributed by atoms with Gasteiger partial charge in [0.2, 0.25) is 0 Å². The van der Waals surface area contributed by atoms with E-state index in [4.69, 9.17) is 21.7 Å². The fraction of sp³-hybridized carbons (Fsp3) is 0.217. The van der Waals surface area contributed by atoms with E-state index in [0.29, 0.717) is 10.7 Å². The van der Waals surface area contributed by atoms with Crippen LogP contribution in [0.15, 0.2) is 48.7 Å². The molecule has 1 aliphatic heterocycles. The third kappa shape index (κ3) is 3.72. The summed E-state index contributed by atoms with van der Waals surface area (Å²) in [6, 6.07) is 15.5. The molecule has 0 aliphatic carbocycles. The van der Waals surface area contributed by atoms with Crippen LogP contribution < -0.4 is 10.2 Å². The Labute approximate surface area is 184 Å². The second-order valence-corrected chi connectivity index (χ2v) is 7.91. The van der Waals surface area contributed by atoms with E-state index in [0.717, 1.165) is 65.7 Å². The quantitative estimate of drug-likeness (QED) is 0.500. The van der Waals surface area contributed by atoms with Crippen LogP contribution in [0.3, 0.4) is 0 Å². The average molecular weight is 430 g/mol. The van der Waals surface area contributed by atoms with Gasteiger partial charge in [-0.1, -0.05) is 23.7 Å². The molecule has 1 N–H and O–H groups in total. The van der Waals surface area contributed by atoms with E-state index in [9.17, 15) is 5.26 Å². The summed E-state index contributed by atoms with van der Waals surface area (Å²) in [6.07, 6.45) is 1.94. The first kappa shape index (κ1) is 19.5. The van der Waals surface area contributed by atoms with Crippen molar-refractivity contribution in [3.8, 4) is 28.5 Å². The number of halogens is 1. The van der Waals surface area contributed by atoms with Crippen LogP contribution in [0, 0.1) is 18.3 Å². The van der Waals surface area contributed by atoms with Crippen LogP contribution in [-0.2, 0) is 0 Å². The van der Waals surface area contributed by atoms with Gasteiger partial charge < -0.3 is 10.2 Å². The van der Waals surface area contributed by atoms with Crippen molar-refractivity contribution in [3.63, 3.8) is 0 Å². The van der Waals surface area contributed by atoms with Gasteiger partial charge in [0.1, 0.15) is 16.7 Å². The zero-order chi connectivity index (χ0) is 21.4. The van der Waals surface area contributed by atoms with Crippen molar-refractivity contribution in [1.29, 1.82) is 5.26 Å². The molecular weight excluding hydrogens is 410 g/mol. The highest BCUT2D eigenvalue weighted by Crippen LogP contribution is 2.36. The number of nitrogens with one attached hydrogen (secondary N) is 1. The second-order valence-electron chi connectivity index (χ2n) is 7.53. The molecule has 0 radical (unpaired) electrons. The lowest BCUT2D eigenvalue weighted by Gasteiger charge is -2.28. The van der Waals surface area contributed by atoms with Crippen LogP contribution in [0.4, 0.5) is 5.82 Å². The van der Waals surface area contributed by atoms with Gasteiger partial charge >= 0.3 is 0 Å². The molecule has 4 heterocycles. The number of nitriles is 1. The zero-order valence-electron chi connectivity index (χ0n) is 17.0. The fourth-order valence-electron chi connectivity index (χ4n) is 3.97. The molecule has 0 unspecified atom stereocenters. The average Bonchev–Trinajstić information content (AvgIpc) is 3.18. The van der Waals surface area contributed by atoms with Crippen molar-refractivity contribution < 1.29 is 0 Å². The summed E-state index contributed by atoms with van der Waals surface area (Å²) < 4.78 is 1.79. The van der Waals surface area contributed by atoms with E-state index >= 15 is 0 Å². The molecule has 31 heavy (non-hydrogen) atoms. The summed E-state index contributed by atoms with van der Waals surface area (Å²) in [5, 5.41) is 18.0. The number of aromatic nitrogens is 4. The number of rotatable bonds is 3. The van der Waals surface area contributed by atoms with Gasteiger partial charge in [-0.25, -0.2) is 14.5 Å². The maximum absolute atomic E-state index is 9.36. The molecule has 1 fully saturated rings. The summed E-state index contributed by atoms with van der Waals surface area (Å²) in [5.41, 5.74) is 5.53. The van der Waals surface area contributed by atoms with Crippen molar-refractivity contribution in [2.75, 3.05) is 31.1 Å². The number of aryl methyl sites for hydroxylation is 1. The summed E-state index contributed by atoms with van der Waals surface area (Å²) in [6.45, 7) is 5.60. The number of fused-ring (bicyclic) bond motifs is 1. The van der Waals surface area contributed by atoms with Gasteiger partial charge in [-0.05, 0) is 42.8 Å². The Morgan fingerprint density at radius 3 is 2.68 bits per heavy atom. The molecule has 0 spiro atoms. The van der Waals surface area contributed by atoms with E-state index in [1.165, 1.54) is 0 Å². The third-order valence-electron chi connectivity index (χ3n) is 5.39. The summed E-state index contributed by atoms with van der Waals surface area (Å²) >= 11 is 6.30. The van der Waals surface area contributed by atoms with Gasteiger partial charge in [0.05, 0.1) is 17.2 Å². The van der Waals surface area contributed by atoms with Crippen molar-refractivity contribution in [1.82, 2.24) is 24.9 Å². The minimum absolute atomic E-state index is 0.421. The SMILES string of the molecule is Cc1cc(-c2c(-c3cccc(C#N)c3)nn3ccc(N4CCNCC4)nc23)cc(Cl)n1. The topological polar surface area (TPSA) is 82.1 Å². The Balaban J connectivity index is 1.76. The van der Waals surface area contributed by atoms with Crippen LogP contribution in [0.25, 0.3) is 28.0 Å². The van der Waals surface area contributed by atoms with E-state index in [1.807, 2.05) is 49.5 Å². The Kier molecular flexibility index (Phi) is 5.02. The number of anilines is 1. The van der Waals surface area contributed by atoms with Crippen LogP contribution in [0.2, 0.25) is 5.15 Å². The fourth-order valence-corrected chi connectivity index (χ4v) is 4.22. The molecule has 1 saturated heterocycles. The molecule has 4 aromatic rings. The maximum atomic E-state index is 9.36. The number of benzene rings is 1. The monoisotopic (exact) mass is 429 g/mol. The largest absolute Gasteiger partial charge is 0.354 e. The molecule has 0 bridgehead atoms. The number of hydrogen-bond acceptors (Lipinski definition) is 6. The van der Waals surface area contributed by atoms with Crippen molar-refractivity contribution in [2.45, 2.75) is 6.92 Å². The highest BCUT2D eigenvalue weighted by atomic mass is 35.5. The number of pyridine rings is 1. The van der Waals surface area contributed by atoms with Crippen LogP contribution in [0.5, 0.6) is 0 Å². The molecule has 0 amide bonds. The molecular formula is C23H20ClN7. The Morgan fingerprint density at radius 2 is 1.90 bits per heavy atom. The summed E-state index contributed by atoms with van der Waals surface area (Å²) in [5.74, 6) is 0.921. The van der Waals surface area contributed by atoms with E-state index in [1.54, 1.807) is 10.6 Å². The first-order valence-electron chi connectivity index (χ1n) is 10.1. The lowest BCUT2D eigenvalue weighted by molar-refractivity contribution is 0.585. The van der Waals surface area contributed by atoms with Gasteiger partial charge in [0.25, 0.3) is 0 Å². The predicted molar refractivity (Wildman–Crippen MR) is 121 cm³/mol. The van der Waals surface area contributed by atoms with Crippen molar-refractivity contribution in [3.05, 3.63) is 65.1 Å². The smallest absolute Gasteiger partial charge is 0.165 e. The summed E-state index contributed by atoms with van der Waals surface area (Å²) in [7, 11) is 0. The predicted octanol–water partition coefficient (Wildman–Crippen LogP) is 3.70. The zero-order valence-corrected chi connectivity index (χ0v) is 17.8. The lowest BCUT2D eigenvalue weighted by atomic mass is 10.00. The maximum Gasteiger partial charge on any atom is 0.165 e. The van der Waals surface area contributed by atoms with Gasteiger partial charge in [0.15, 0.2) is 5.65 Å². The van der Waals surface area contributed by atoms with Gasteiger partial charge in [-0.3, -0.25) is 0 Å². The molecule has 3 aromatic heterocycles. The highest BCUT2D eigenvalue weighted by molar-refractivity contribution is 6.29. The normalized spacial score (nSPS) is 14.0. The Bertz CT molecular complexity index is 1300. The summed E-state index contributed by atoms with van der Waals surface area (Å²) in [4.78, 5) is 11.6. The van der Waals surface area contributed by atoms with Crippen molar-refractivity contribution in [2.24, 2.45) is 0 Å². The molecule has 0 saturated carbocycles. The van der Waals surface area contributed by atoms with Gasteiger partial charge in [-0.2, -0.15) is 10.4 Å². The molecule has 0 atom stereocenters. The minimum Gasteiger partial charge on any atom is -0.354 e. The molecule has 8 heteroatoms. The molecule has 154 valence electrons. The molecule has 1 aromatic carbocycles. The van der Waals surface area contributed by atoms with Gasteiger partial charge in [-0.15, -0.1) is 0 Å². The minimum atomic E-state index is 0.421. The van der Waals surface area contributed by atoms with Crippen LogP contribution in [-0.4, -0.2) is 45.8 Å². The number of piperazine rings is 1. The number of nitrogens with zero attached hydrogens (tertiary/aromatic N) is 6. The third-order valence-corrected chi connectivity index (χ3v) is 5.58. The Hall–Kier alpha value is -3.47. The highest BCUT2D eigenvalue weighted by Gasteiger charge is 2.21. The van der Waals surface area contributed by atoms with E-state index in [2.05, 4.69) is 21.3 Å². The van der Waals surface area contributed by atoms with Gasteiger partial charge in [0, 0.05) is 43.6 Å². The van der Waals surface area contributed by atoms with Crippen LogP contribution in [0.1, 0.15) is 11.3 Å². The molecule has 1 aliphatic rings. The first-order valence-corrected chi connectivity index (χ1v) is 10.5. The molecule has 5 rings (SSSR count). The van der Waals surface area contributed by atoms with Crippen molar-refractivity contribution >= 4 is 23.1 Å².